The zero-order valence-corrected chi connectivity index (χ0v) is 12.7. The highest BCUT2D eigenvalue weighted by Gasteiger charge is 2.22. The fourth-order valence-corrected chi connectivity index (χ4v) is 2.91. The van der Waals surface area contributed by atoms with Crippen LogP contribution >= 0.6 is 12.2 Å². The topological polar surface area (TPSA) is 40.2 Å². The van der Waals surface area contributed by atoms with E-state index in [4.69, 9.17) is 12.2 Å². The maximum absolute atomic E-state index is 5.27. The molecular weight excluding hydrogens is 268 g/mol. The lowest BCUT2D eigenvalue weighted by Gasteiger charge is -2.31. The maximum atomic E-state index is 5.27. The van der Waals surface area contributed by atoms with Gasteiger partial charge in [-0.2, -0.15) is 0 Å². The highest BCUT2D eigenvalue weighted by atomic mass is 32.1. The molecule has 5 heteroatoms. The van der Waals surface area contributed by atoms with Crippen LogP contribution in [0.15, 0.2) is 18.3 Å². The first kappa shape index (κ1) is 13.6. The van der Waals surface area contributed by atoms with Crippen molar-refractivity contribution in [3.8, 4) is 0 Å². The van der Waals surface area contributed by atoms with Gasteiger partial charge < -0.3 is 15.5 Å². The predicted octanol–water partition coefficient (Wildman–Crippen LogP) is 2.77. The molecule has 1 saturated carbocycles. The third-order valence-corrected chi connectivity index (χ3v) is 4.12. The van der Waals surface area contributed by atoms with Crippen LogP contribution in [0.2, 0.25) is 0 Å². The number of hydrogen-bond acceptors (Lipinski definition) is 3. The second-order valence-electron chi connectivity index (χ2n) is 5.97. The van der Waals surface area contributed by atoms with Crippen molar-refractivity contribution < 1.29 is 0 Å². The summed E-state index contributed by atoms with van der Waals surface area (Å²) in [7, 11) is 0. The van der Waals surface area contributed by atoms with E-state index < -0.39 is 0 Å². The number of aromatic nitrogens is 1. The Morgan fingerprint density at radius 2 is 2.20 bits per heavy atom. The SMILES string of the molecule is CC1CCCN(c2ccc(NC(=S)NC3CC3)cn2)C1. The quantitative estimate of drug-likeness (QED) is 0.838. The zero-order valence-electron chi connectivity index (χ0n) is 11.9. The maximum Gasteiger partial charge on any atom is 0.171 e. The molecule has 1 aromatic rings. The van der Waals surface area contributed by atoms with E-state index in [9.17, 15) is 0 Å². The molecule has 0 amide bonds. The average Bonchev–Trinajstić information content (AvgIpc) is 3.23. The molecule has 1 saturated heterocycles. The third-order valence-electron chi connectivity index (χ3n) is 3.90. The van der Waals surface area contributed by atoms with Crippen molar-refractivity contribution in [3.05, 3.63) is 18.3 Å². The van der Waals surface area contributed by atoms with Gasteiger partial charge >= 0.3 is 0 Å². The van der Waals surface area contributed by atoms with Crippen LogP contribution in [-0.2, 0) is 0 Å². The highest BCUT2D eigenvalue weighted by Crippen LogP contribution is 2.22. The molecule has 1 aromatic heterocycles. The van der Waals surface area contributed by atoms with Crippen molar-refractivity contribution in [2.24, 2.45) is 5.92 Å². The van der Waals surface area contributed by atoms with Gasteiger partial charge in [0.15, 0.2) is 5.11 Å². The van der Waals surface area contributed by atoms with Crippen LogP contribution in [0.5, 0.6) is 0 Å². The summed E-state index contributed by atoms with van der Waals surface area (Å²) in [5.41, 5.74) is 0.956. The van der Waals surface area contributed by atoms with Crippen molar-refractivity contribution in [2.75, 3.05) is 23.3 Å². The largest absolute Gasteiger partial charge is 0.360 e. The van der Waals surface area contributed by atoms with Gasteiger partial charge in [0.25, 0.3) is 0 Å². The third kappa shape index (κ3) is 3.60. The van der Waals surface area contributed by atoms with Crippen molar-refractivity contribution >= 4 is 28.8 Å². The van der Waals surface area contributed by atoms with E-state index >= 15 is 0 Å². The molecule has 4 nitrogen and oxygen atoms in total. The van der Waals surface area contributed by atoms with Gasteiger partial charge in [-0.1, -0.05) is 6.92 Å². The first-order chi connectivity index (χ1) is 9.70. The number of anilines is 2. The van der Waals surface area contributed by atoms with Crippen LogP contribution in [0.4, 0.5) is 11.5 Å². The molecule has 2 aliphatic rings. The Bertz CT molecular complexity index is 469. The molecular formula is C15H22N4S. The Balaban J connectivity index is 1.57. The number of pyridine rings is 1. The number of nitrogens with one attached hydrogen (secondary N) is 2. The summed E-state index contributed by atoms with van der Waals surface area (Å²) < 4.78 is 0. The molecule has 0 aromatic carbocycles. The van der Waals surface area contributed by atoms with Gasteiger partial charge in [-0.15, -0.1) is 0 Å². The molecule has 1 atom stereocenters. The number of hydrogen-bond donors (Lipinski definition) is 2. The molecule has 1 aliphatic heterocycles. The summed E-state index contributed by atoms with van der Waals surface area (Å²) >= 11 is 5.27. The molecule has 2 fully saturated rings. The van der Waals surface area contributed by atoms with E-state index in [0.29, 0.717) is 11.2 Å². The van der Waals surface area contributed by atoms with Crippen LogP contribution in [-0.4, -0.2) is 29.2 Å². The Kier molecular flexibility index (Phi) is 4.05. The first-order valence-corrected chi connectivity index (χ1v) is 7.90. The Labute approximate surface area is 126 Å². The van der Waals surface area contributed by atoms with E-state index in [0.717, 1.165) is 30.5 Å². The summed E-state index contributed by atoms with van der Waals surface area (Å²) in [5, 5.41) is 7.16. The summed E-state index contributed by atoms with van der Waals surface area (Å²) in [6, 6.07) is 4.72. The smallest absolute Gasteiger partial charge is 0.171 e. The number of nitrogens with zero attached hydrogens (tertiary/aromatic N) is 2. The highest BCUT2D eigenvalue weighted by molar-refractivity contribution is 7.80. The van der Waals surface area contributed by atoms with Crippen molar-refractivity contribution in [3.63, 3.8) is 0 Å². The molecule has 0 spiro atoms. The lowest BCUT2D eigenvalue weighted by Crippen LogP contribution is -2.34. The second kappa shape index (κ2) is 5.95. The Morgan fingerprint density at radius 3 is 2.85 bits per heavy atom. The first-order valence-electron chi connectivity index (χ1n) is 7.49. The van der Waals surface area contributed by atoms with Gasteiger partial charge in [0.1, 0.15) is 5.82 Å². The van der Waals surface area contributed by atoms with Crippen molar-refractivity contribution in [2.45, 2.75) is 38.6 Å². The molecule has 3 rings (SSSR count). The number of rotatable bonds is 3. The van der Waals surface area contributed by atoms with E-state index in [1.165, 1.54) is 25.7 Å². The molecule has 0 radical (unpaired) electrons. The van der Waals surface area contributed by atoms with Gasteiger partial charge in [0.2, 0.25) is 0 Å². The minimum atomic E-state index is 0.581. The number of piperidine rings is 1. The zero-order chi connectivity index (χ0) is 13.9. The van der Waals surface area contributed by atoms with Gasteiger partial charge in [-0.05, 0) is 56.0 Å². The minimum absolute atomic E-state index is 0.581. The summed E-state index contributed by atoms with van der Waals surface area (Å²) in [5.74, 6) is 1.84. The van der Waals surface area contributed by atoms with E-state index in [-0.39, 0.29) is 0 Å². The Morgan fingerprint density at radius 1 is 1.35 bits per heavy atom. The molecule has 0 bridgehead atoms. The Hall–Kier alpha value is -1.36. The van der Waals surface area contributed by atoms with Gasteiger partial charge in [0, 0.05) is 19.1 Å². The monoisotopic (exact) mass is 290 g/mol. The molecule has 2 N–H and O–H groups in total. The lowest BCUT2D eigenvalue weighted by atomic mass is 10.0. The molecule has 1 unspecified atom stereocenters. The fourth-order valence-electron chi connectivity index (χ4n) is 2.62. The second-order valence-corrected chi connectivity index (χ2v) is 6.38. The molecule has 20 heavy (non-hydrogen) atoms. The normalized spacial score (nSPS) is 22.4. The van der Waals surface area contributed by atoms with Crippen LogP contribution in [0.25, 0.3) is 0 Å². The van der Waals surface area contributed by atoms with Crippen LogP contribution < -0.4 is 15.5 Å². The van der Waals surface area contributed by atoms with Crippen molar-refractivity contribution in [1.29, 1.82) is 0 Å². The molecule has 1 aliphatic carbocycles. The summed E-state index contributed by atoms with van der Waals surface area (Å²) in [4.78, 5) is 6.93. The average molecular weight is 290 g/mol. The van der Waals surface area contributed by atoms with E-state index in [2.05, 4.69) is 39.6 Å². The van der Waals surface area contributed by atoms with Crippen LogP contribution in [0.3, 0.4) is 0 Å². The molecule has 2 heterocycles. The predicted molar refractivity (Wildman–Crippen MR) is 87.2 cm³/mol. The molecule has 108 valence electrons. The van der Waals surface area contributed by atoms with Crippen LogP contribution in [0.1, 0.15) is 32.6 Å². The lowest BCUT2D eigenvalue weighted by molar-refractivity contribution is 0.444. The minimum Gasteiger partial charge on any atom is -0.360 e. The standard InChI is InChI=1S/C15H22N4S/c1-11-3-2-8-19(10-11)14-7-6-13(9-16-14)18-15(20)17-12-4-5-12/h6-7,9,11-12H,2-5,8,10H2,1H3,(H2,17,18,20). The van der Waals surface area contributed by atoms with Gasteiger partial charge in [-0.3, -0.25) is 0 Å². The van der Waals surface area contributed by atoms with Gasteiger partial charge in [0.05, 0.1) is 11.9 Å². The fraction of sp³-hybridized carbons (Fsp3) is 0.600. The van der Waals surface area contributed by atoms with E-state index in [1.807, 2.05) is 6.20 Å². The van der Waals surface area contributed by atoms with Crippen molar-refractivity contribution in [1.82, 2.24) is 10.3 Å². The van der Waals surface area contributed by atoms with Gasteiger partial charge in [-0.25, -0.2) is 4.98 Å². The summed E-state index contributed by atoms with van der Waals surface area (Å²) in [6.07, 6.45) is 6.92. The number of thiocarbonyl (C=S) groups is 1. The summed E-state index contributed by atoms with van der Waals surface area (Å²) in [6.45, 7) is 4.54. The van der Waals surface area contributed by atoms with Crippen LogP contribution in [0, 0.1) is 5.92 Å². The van der Waals surface area contributed by atoms with E-state index in [1.54, 1.807) is 0 Å².